The Labute approximate surface area is 599 Å². The number of nitrogens with zero attached hydrogens (tertiary/aromatic N) is 6. The monoisotopic (exact) mass is 1640 g/mol. The zero-order valence-corrected chi connectivity index (χ0v) is 62.3. The van der Waals surface area contributed by atoms with E-state index in [1.54, 1.807) is 74.5 Å². The van der Waals surface area contributed by atoms with E-state index in [2.05, 4.69) is 9.69 Å². The molecule has 8 rings (SSSR count). The average Bonchev–Trinajstić information content (AvgIpc) is 4.46. The third-order valence-electron chi connectivity index (χ3n) is 10.8. The number of benzene rings is 6. The molecule has 2 aliphatic heterocycles. The van der Waals surface area contributed by atoms with Crippen molar-refractivity contribution in [1.29, 1.82) is 0 Å². The standard InChI is InChI=1S/2C8H6N2O2.2C8H10N2O2.2C8H12N2.2C4H7BO.2C2H6O.4ClH.4H2O.2Sn/c1-9-6-7-3-2-4-8(5-7)10(11)12;1-9-6-7-4-2-3-5-8(7)10(11)12;9-5-4-7-2-1-3-8(6-7)10(11)12;9-6-5-7-3-1-2-4-8(7)10(11)12;9-5-4-7-2-1-3-8(10)6-7;9-6-5-7-3-1-2-4-8(7)10;2*5-4-2-1-3-6-4;2*1-2-3;;;;;;;;;;/h2*2-5H,6H2;1-3,6H,4-5,9H2;1-4H,5-6,9H2;1-3,6H,4-5,9-10H2;1-4H,5-6,9-10H2;2*4H,1-3H2;2*3H,2H2,1H3;4*1H;4*1H2;;/q;;;;;;;;;;;;;;;;;;2*+2/p-4. The van der Waals surface area contributed by atoms with Gasteiger partial charge in [0.2, 0.25) is 13.1 Å². The normalized spacial score (nSPS) is 11.7. The van der Waals surface area contributed by atoms with Crippen LogP contribution in [0.4, 0.5) is 34.1 Å². The molecule has 0 amide bonds. The number of ether oxygens (including phenoxy) is 2. The van der Waals surface area contributed by atoms with Crippen LogP contribution in [0.25, 0.3) is 9.69 Å². The second-order valence-electron chi connectivity index (χ2n) is 17.7. The summed E-state index contributed by atoms with van der Waals surface area (Å²) in [4.78, 5) is 46.0. The van der Waals surface area contributed by atoms with Gasteiger partial charge in [0.1, 0.15) is 21.3 Å². The summed E-state index contributed by atoms with van der Waals surface area (Å²) in [6, 6.07) is 41.2. The number of hydrogen-bond donors (Lipinski definition) is 8. The molecule has 2 atom stereocenters. The van der Waals surface area contributed by atoms with Crippen molar-refractivity contribution in [2.24, 2.45) is 22.9 Å². The molecule has 22 N–H and O–H groups in total. The molecule has 528 valence electrons. The molecule has 0 aliphatic carbocycles. The van der Waals surface area contributed by atoms with Gasteiger partial charge >= 0.3 is 73.5 Å². The van der Waals surface area contributed by atoms with Crippen molar-refractivity contribution in [3.8, 4) is 0 Å². The minimum absolute atomic E-state index is 0. The van der Waals surface area contributed by atoms with Crippen LogP contribution in [-0.4, -0.2) is 170 Å². The molecule has 0 saturated carbocycles. The molecule has 0 spiro atoms. The van der Waals surface area contributed by atoms with Gasteiger partial charge in [-0.25, -0.2) is 13.1 Å². The van der Waals surface area contributed by atoms with E-state index in [4.69, 9.17) is 119 Å². The number of nitrogens with two attached hydrogens (primary N) is 6. The van der Waals surface area contributed by atoms with Gasteiger partial charge in [-0.3, -0.25) is 40.5 Å². The number of nitrogen functional groups attached to an aromatic ring is 2. The summed E-state index contributed by atoms with van der Waals surface area (Å²) in [7, 11) is 30.4. The molecule has 6 aromatic carbocycles. The molecule has 96 heavy (non-hydrogen) atoms. The van der Waals surface area contributed by atoms with Crippen molar-refractivity contribution in [3.63, 3.8) is 0 Å². The van der Waals surface area contributed by atoms with E-state index in [0.29, 0.717) is 55.7 Å². The summed E-state index contributed by atoms with van der Waals surface area (Å²) in [5.41, 5.74) is 39.7. The second kappa shape index (κ2) is 74.7. The van der Waals surface area contributed by atoms with Crippen LogP contribution in [0.5, 0.6) is 0 Å². The van der Waals surface area contributed by atoms with E-state index in [-0.39, 0.29) is 87.9 Å². The molecule has 6 aromatic rings. The van der Waals surface area contributed by atoms with Crippen molar-refractivity contribution < 1.29 is 61.3 Å². The van der Waals surface area contributed by atoms with Crippen LogP contribution in [0.2, 0.25) is 0 Å². The van der Waals surface area contributed by atoms with E-state index in [1.165, 1.54) is 35.9 Å². The van der Waals surface area contributed by atoms with Crippen LogP contribution in [-0.2, 0) is 48.2 Å². The molecular formula is C60H90B2Cl4N12O16Sn2. The average molecular weight is 1640 g/mol. The zero-order chi connectivity index (χ0) is 70.3. The Bertz CT molecular complexity index is 2950. The zero-order valence-electron chi connectivity index (χ0n) is 53.5. The van der Waals surface area contributed by atoms with E-state index < -0.39 is 52.5 Å². The number of para-hydroxylation sites is 3. The van der Waals surface area contributed by atoms with Crippen LogP contribution in [0.3, 0.4) is 0 Å². The Kier molecular flexibility index (Phi) is 82.4. The van der Waals surface area contributed by atoms with Gasteiger partial charge in [-0.15, -0.1) is 0 Å². The van der Waals surface area contributed by atoms with Crippen LogP contribution in [0.15, 0.2) is 146 Å². The van der Waals surface area contributed by atoms with Crippen LogP contribution in [0, 0.1) is 53.6 Å². The first-order valence-electron chi connectivity index (χ1n) is 28.0. The van der Waals surface area contributed by atoms with Crippen molar-refractivity contribution >= 4 is 123 Å². The minimum atomic E-state index is -0.826. The fourth-order valence-corrected chi connectivity index (χ4v) is 6.85. The Morgan fingerprint density at radius 3 is 1.17 bits per heavy atom. The summed E-state index contributed by atoms with van der Waals surface area (Å²) in [6.45, 7) is 21.3. The van der Waals surface area contributed by atoms with Gasteiger partial charge in [0, 0.05) is 97.3 Å². The fourth-order valence-electron chi connectivity index (χ4n) is 6.85. The fraction of sp³-hybridized carbons (Fsp3) is 0.367. The molecule has 0 bridgehead atoms. The number of halogens is 4. The quantitative estimate of drug-likeness (QED) is 0.0178. The molecule has 8 radical (unpaired) electrons. The molecule has 28 nitrogen and oxygen atoms in total. The number of non-ortho nitro benzene ring substituents is 2. The summed E-state index contributed by atoms with van der Waals surface area (Å²) in [5, 5.41) is 56.6. The number of nitro benzene ring substituents is 4. The first-order valence-corrected chi connectivity index (χ1v) is 42.5. The van der Waals surface area contributed by atoms with E-state index >= 15 is 0 Å². The van der Waals surface area contributed by atoms with Crippen molar-refractivity contribution in [2.45, 2.75) is 90.3 Å². The van der Waals surface area contributed by atoms with Gasteiger partial charge in [0.25, 0.3) is 22.7 Å². The Balaban J connectivity index is -0.000000150. The third-order valence-corrected chi connectivity index (χ3v) is 10.8. The topological polar surface area (TPSA) is 522 Å². The maximum absolute atomic E-state index is 10.5. The third kappa shape index (κ3) is 60.3. The predicted molar refractivity (Wildman–Crippen MR) is 390 cm³/mol. The summed E-state index contributed by atoms with van der Waals surface area (Å²) in [6.07, 6.45) is 7.37. The molecule has 2 heterocycles. The van der Waals surface area contributed by atoms with Gasteiger partial charge in [0.15, 0.2) is 0 Å². The number of anilines is 2. The summed E-state index contributed by atoms with van der Waals surface area (Å²) >= 11 is -1.65. The van der Waals surface area contributed by atoms with Gasteiger partial charge in [-0.05, 0) is 132 Å². The van der Waals surface area contributed by atoms with Crippen LogP contribution >= 0.6 is 35.7 Å². The van der Waals surface area contributed by atoms with Gasteiger partial charge in [-0.2, -0.15) is 0 Å². The number of aliphatic hydroxyl groups is 2. The van der Waals surface area contributed by atoms with Crippen molar-refractivity contribution in [1.82, 2.24) is 0 Å². The second-order valence-corrected chi connectivity index (χ2v) is 26.2. The summed E-state index contributed by atoms with van der Waals surface area (Å²) in [5.74, 6) is 0. The molecule has 2 saturated heterocycles. The molecule has 0 aromatic heterocycles. The predicted octanol–water partition coefficient (Wildman–Crippen LogP) is 7.04. The van der Waals surface area contributed by atoms with Gasteiger partial charge < -0.3 is 85.7 Å². The van der Waals surface area contributed by atoms with E-state index in [1.807, 2.05) is 54.6 Å². The number of rotatable bonds is 14. The SMILES string of the molecule is CCO.CCO.NCCc1cccc(N)c1.NCCc1cccc([N+](=O)[O-])c1.NCCc1ccccc1N.NCCc1ccccc1[N+](=O)[O-].O.O.O.O.[B]C1CCCO1.[B]C1CCCO1.[C-]#[N+]Cc1cccc([N+](=O)[O-])c1.[C-]#[N+]Cc1ccccc1[N+](=O)[O-].[Cl][Sn][Cl].[Cl][Sn][Cl]. The van der Waals surface area contributed by atoms with E-state index in [0.717, 1.165) is 74.2 Å². The van der Waals surface area contributed by atoms with Crippen molar-refractivity contribution in [3.05, 3.63) is 242 Å². The number of hydrogen-bond acceptors (Lipinski definition) is 18. The maximum atomic E-state index is 10.5. The molecule has 2 unspecified atom stereocenters. The Hall–Kier alpha value is -6.09. The number of nitro groups is 4. The first-order chi connectivity index (χ1) is 44.1. The first kappa shape index (κ1) is 106. The Morgan fingerprint density at radius 2 is 0.833 bits per heavy atom. The van der Waals surface area contributed by atoms with E-state index in [9.17, 15) is 40.5 Å². The molecule has 36 heteroatoms. The summed E-state index contributed by atoms with van der Waals surface area (Å²) < 4.78 is 9.86. The molecule has 2 fully saturated rings. The van der Waals surface area contributed by atoms with Crippen LogP contribution < -0.4 is 34.4 Å². The number of aliphatic hydroxyl groups excluding tert-OH is 2. The molecular weight excluding hydrogens is 1550 g/mol. The van der Waals surface area contributed by atoms with Crippen LogP contribution in [0.1, 0.15) is 72.9 Å². The molecule has 2 aliphatic rings. The van der Waals surface area contributed by atoms with Crippen molar-refractivity contribution in [2.75, 3.05) is 64.1 Å². The Morgan fingerprint density at radius 1 is 0.500 bits per heavy atom. The van der Waals surface area contributed by atoms with Gasteiger partial charge in [0.05, 0.1) is 19.7 Å². The van der Waals surface area contributed by atoms with Gasteiger partial charge in [-0.1, -0.05) is 84.9 Å².